The normalized spacial score (nSPS) is 19.1. The van der Waals surface area contributed by atoms with E-state index in [0.717, 1.165) is 25.3 Å². The SMILES string of the molecule is COc1ccc(/C(=C2/CN3CCCCCC3=N2)c2ccccc2)cc1. The van der Waals surface area contributed by atoms with E-state index in [-0.39, 0.29) is 0 Å². The summed E-state index contributed by atoms with van der Waals surface area (Å²) in [5.74, 6) is 2.15. The van der Waals surface area contributed by atoms with E-state index in [4.69, 9.17) is 9.73 Å². The number of hydrogen-bond donors (Lipinski definition) is 0. The minimum atomic E-state index is 0.882. The maximum Gasteiger partial charge on any atom is 0.118 e. The Hall–Kier alpha value is -2.55. The molecule has 0 radical (unpaired) electrons. The van der Waals surface area contributed by atoms with Crippen LogP contribution in [-0.4, -0.2) is 30.9 Å². The molecule has 3 nitrogen and oxygen atoms in total. The zero-order valence-corrected chi connectivity index (χ0v) is 14.7. The quantitative estimate of drug-likeness (QED) is 0.811. The average Bonchev–Trinajstić information content (AvgIpc) is 2.93. The highest BCUT2D eigenvalue weighted by Gasteiger charge is 2.25. The Morgan fingerprint density at radius 1 is 0.920 bits per heavy atom. The van der Waals surface area contributed by atoms with Gasteiger partial charge in [0.1, 0.15) is 11.6 Å². The summed E-state index contributed by atoms with van der Waals surface area (Å²) < 4.78 is 5.32. The Balaban J connectivity index is 1.80. The van der Waals surface area contributed by atoms with E-state index in [1.54, 1.807) is 7.11 Å². The molecule has 3 heteroatoms. The molecule has 0 aromatic heterocycles. The molecule has 2 aromatic rings. The molecule has 2 aliphatic heterocycles. The van der Waals surface area contributed by atoms with Crippen LogP contribution in [-0.2, 0) is 0 Å². The van der Waals surface area contributed by atoms with Gasteiger partial charge in [-0.05, 0) is 36.1 Å². The molecule has 0 saturated carbocycles. The van der Waals surface area contributed by atoms with Crippen LogP contribution < -0.4 is 4.74 Å². The van der Waals surface area contributed by atoms with Crippen LogP contribution in [0.15, 0.2) is 65.3 Å². The second-order valence-corrected chi connectivity index (χ2v) is 6.68. The summed E-state index contributed by atoms with van der Waals surface area (Å²) in [4.78, 5) is 7.52. The molecule has 0 bridgehead atoms. The maximum absolute atomic E-state index is 5.32. The largest absolute Gasteiger partial charge is 0.497 e. The summed E-state index contributed by atoms with van der Waals surface area (Å²) >= 11 is 0. The van der Waals surface area contributed by atoms with Crippen molar-refractivity contribution in [3.8, 4) is 5.75 Å². The molecule has 4 rings (SSSR count). The van der Waals surface area contributed by atoms with Crippen LogP contribution in [0.1, 0.15) is 36.8 Å². The minimum Gasteiger partial charge on any atom is -0.497 e. The summed E-state index contributed by atoms with van der Waals surface area (Å²) in [6.45, 7) is 2.05. The maximum atomic E-state index is 5.32. The topological polar surface area (TPSA) is 24.8 Å². The molecule has 0 amide bonds. The van der Waals surface area contributed by atoms with Gasteiger partial charge in [-0.25, -0.2) is 4.99 Å². The first kappa shape index (κ1) is 15.9. The predicted octanol–water partition coefficient (Wildman–Crippen LogP) is 4.74. The molecule has 25 heavy (non-hydrogen) atoms. The lowest BCUT2D eigenvalue weighted by Crippen LogP contribution is -2.26. The van der Waals surface area contributed by atoms with Crippen LogP contribution in [0.3, 0.4) is 0 Å². The smallest absolute Gasteiger partial charge is 0.118 e. The lowest BCUT2D eigenvalue weighted by Gasteiger charge is -2.17. The second kappa shape index (κ2) is 7.14. The Bertz CT molecular complexity index is 791. The molecular formula is C22H24N2O. The summed E-state index contributed by atoms with van der Waals surface area (Å²) in [6, 6.07) is 18.9. The number of benzene rings is 2. The highest BCUT2D eigenvalue weighted by atomic mass is 16.5. The third-order valence-electron chi connectivity index (χ3n) is 5.03. The van der Waals surface area contributed by atoms with Crippen molar-refractivity contribution in [1.82, 2.24) is 4.90 Å². The highest BCUT2D eigenvalue weighted by molar-refractivity contribution is 5.91. The van der Waals surface area contributed by atoms with Crippen LogP contribution in [0.5, 0.6) is 5.75 Å². The van der Waals surface area contributed by atoms with Crippen molar-refractivity contribution in [2.24, 2.45) is 4.99 Å². The van der Waals surface area contributed by atoms with Crippen molar-refractivity contribution in [3.63, 3.8) is 0 Å². The molecule has 0 aliphatic carbocycles. The molecule has 2 aliphatic rings. The van der Waals surface area contributed by atoms with Gasteiger partial charge in [0.2, 0.25) is 0 Å². The van der Waals surface area contributed by atoms with E-state index in [1.165, 1.54) is 47.5 Å². The number of nitrogens with zero attached hydrogens (tertiary/aromatic N) is 2. The van der Waals surface area contributed by atoms with Crippen molar-refractivity contribution in [1.29, 1.82) is 0 Å². The van der Waals surface area contributed by atoms with E-state index in [2.05, 4.69) is 47.4 Å². The number of fused-ring (bicyclic) bond motifs is 1. The van der Waals surface area contributed by atoms with Gasteiger partial charge in [0.15, 0.2) is 0 Å². The summed E-state index contributed by atoms with van der Waals surface area (Å²) in [7, 11) is 1.70. The van der Waals surface area contributed by atoms with Gasteiger partial charge in [-0.1, -0.05) is 48.9 Å². The van der Waals surface area contributed by atoms with Gasteiger partial charge in [0, 0.05) is 18.5 Å². The average molecular weight is 332 g/mol. The first-order valence-electron chi connectivity index (χ1n) is 9.10. The fourth-order valence-electron chi connectivity index (χ4n) is 3.72. The molecule has 2 heterocycles. The van der Waals surface area contributed by atoms with Crippen molar-refractivity contribution < 1.29 is 4.74 Å². The predicted molar refractivity (Wildman–Crippen MR) is 103 cm³/mol. The van der Waals surface area contributed by atoms with Crippen molar-refractivity contribution in [2.45, 2.75) is 25.7 Å². The standard InChI is InChI=1S/C22H24N2O/c1-25-19-13-11-18(12-14-19)22(17-8-4-2-5-9-17)20-16-24-15-7-3-6-10-21(24)23-20/h2,4-5,8-9,11-14H,3,6-7,10,15-16H2,1H3/b22-20-. The van der Waals surface area contributed by atoms with Crippen molar-refractivity contribution in [3.05, 3.63) is 71.4 Å². The zero-order chi connectivity index (χ0) is 17.1. The molecule has 0 N–H and O–H groups in total. The lowest BCUT2D eigenvalue weighted by atomic mass is 9.96. The Kier molecular flexibility index (Phi) is 4.55. The molecular weight excluding hydrogens is 308 g/mol. The molecule has 0 unspecified atom stereocenters. The van der Waals surface area contributed by atoms with E-state index >= 15 is 0 Å². The van der Waals surface area contributed by atoms with E-state index in [1.807, 2.05) is 12.1 Å². The lowest BCUT2D eigenvalue weighted by molar-refractivity contribution is 0.415. The molecule has 0 spiro atoms. The molecule has 1 fully saturated rings. The fourth-order valence-corrected chi connectivity index (χ4v) is 3.72. The van der Waals surface area contributed by atoms with Crippen LogP contribution in [0.25, 0.3) is 5.57 Å². The van der Waals surface area contributed by atoms with Gasteiger partial charge in [-0.3, -0.25) is 0 Å². The third-order valence-corrected chi connectivity index (χ3v) is 5.03. The number of rotatable bonds is 3. The molecule has 128 valence electrons. The number of aliphatic imine (C=N–C) groups is 1. The number of ether oxygens (including phenoxy) is 1. The Morgan fingerprint density at radius 2 is 1.68 bits per heavy atom. The molecule has 2 aromatic carbocycles. The van der Waals surface area contributed by atoms with Crippen LogP contribution in [0.2, 0.25) is 0 Å². The third kappa shape index (κ3) is 3.32. The summed E-state index contributed by atoms with van der Waals surface area (Å²) in [5.41, 5.74) is 4.85. The fraction of sp³-hybridized carbons (Fsp3) is 0.318. The van der Waals surface area contributed by atoms with Crippen LogP contribution in [0, 0.1) is 0 Å². The monoisotopic (exact) mass is 332 g/mol. The van der Waals surface area contributed by atoms with Crippen molar-refractivity contribution in [2.75, 3.05) is 20.2 Å². The zero-order valence-electron chi connectivity index (χ0n) is 14.7. The van der Waals surface area contributed by atoms with Crippen molar-refractivity contribution >= 4 is 11.4 Å². The summed E-state index contributed by atoms with van der Waals surface area (Å²) in [5, 5.41) is 0. The summed E-state index contributed by atoms with van der Waals surface area (Å²) in [6.07, 6.45) is 4.95. The van der Waals surface area contributed by atoms with Gasteiger partial charge in [-0.15, -0.1) is 0 Å². The van der Waals surface area contributed by atoms with Gasteiger partial charge >= 0.3 is 0 Å². The van der Waals surface area contributed by atoms with Gasteiger partial charge in [-0.2, -0.15) is 0 Å². The highest BCUT2D eigenvalue weighted by Crippen LogP contribution is 2.33. The number of amidine groups is 1. The van der Waals surface area contributed by atoms with E-state index < -0.39 is 0 Å². The van der Waals surface area contributed by atoms with Gasteiger partial charge < -0.3 is 9.64 Å². The van der Waals surface area contributed by atoms with E-state index in [9.17, 15) is 0 Å². The van der Waals surface area contributed by atoms with Gasteiger partial charge in [0.05, 0.1) is 19.4 Å². The van der Waals surface area contributed by atoms with E-state index in [0.29, 0.717) is 0 Å². The Morgan fingerprint density at radius 3 is 2.44 bits per heavy atom. The van der Waals surface area contributed by atoms with Crippen LogP contribution >= 0.6 is 0 Å². The Labute approximate surface area is 149 Å². The number of methoxy groups -OCH3 is 1. The van der Waals surface area contributed by atoms with Crippen LogP contribution in [0.4, 0.5) is 0 Å². The minimum absolute atomic E-state index is 0.882. The molecule has 0 atom stereocenters. The number of hydrogen-bond acceptors (Lipinski definition) is 3. The van der Waals surface area contributed by atoms with Gasteiger partial charge in [0.25, 0.3) is 0 Å². The first-order chi connectivity index (χ1) is 12.3. The molecule has 1 saturated heterocycles. The second-order valence-electron chi connectivity index (χ2n) is 6.68. The first-order valence-corrected chi connectivity index (χ1v) is 9.10.